The molecule has 1 aliphatic rings. The highest BCUT2D eigenvalue weighted by Crippen LogP contribution is 2.19. The second kappa shape index (κ2) is 6.45. The third kappa shape index (κ3) is 3.18. The number of carbonyl (C=O) groups is 1. The van der Waals surface area contributed by atoms with E-state index in [1.165, 1.54) is 0 Å². The normalized spacial score (nSPS) is 17.7. The Morgan fingerprint density at radius 1 is 1.32 bits per heavy atom. The monoisotopic (exact) mass is 295 g/mol. The highest BCUT2D eigenvalue weighted by Gasteiger charge is 2.28. The zero-order valence-electron chi connectivity index (χ0n) is 12.2. The number of hydrogen-bond acceptors (Lipinski definition) is 3. The molecule has 0 saturated carbocycles. The van der Waals surface area contributed by atoms with Crippen molar-refractivity contribution in [2.75, 3.05) is 19.6 Å². The van der Waals surface area contributed by atoms with Crippen molar-refractivity contribution in [2.45, 2.75) is 12.8 Å². The number of aromatic nitrogens is 1. The maximum Gasteiger partial charge on any atom is 0.222 e. The third-order valence-corrected chi connectivity index (χ3v) is 3.99. The van der Waals surface area contributed by atoms with Crippen LogP contribution in [0.25, 0.3) is 21.3 Å². The van der Waals surface area contributed by atoms with E-state index in [9.17, 15) is 4.79 Å². The highest BCUT2D eigenvalue weighted by molar-refractivity contribution is 5.79. The van der Waals surface area contributed by atoms with Crippen LogP contribution in [0.3, 0.4) is 0 Å². The van der Waals surface area contributed by atoms with Gasteiger partial charge in [-0.2, -0.15) is 0 Å². The number of pyridine rings is 1. The van der Waals surface area contributed by atoms with Gasteiger partial charge in [-0.1, -0.05) is 29.4 Å². The van der Waals surface area contributed by atoms with Crippen molar-refractivity contribution in [3.63, 3.8) is 0 Å². The van der Waals surface area contributed by atoms with Gasteiger partial charge in [-0.25, -0.2) is 0 Å². The number of carbonyl (C=O) groups excluding carboxylic acids is 1. The molecule has 0 aliphatic carbocycles. The minimum absolute atomic E-state index is 0.138. The van der Waals surface area contributed by atoms with Gasteiger partial charge in [-0.3, -0.25) is 9.78 Å². The summed E-state index contributed by atoms with van der Waals surface area (Å²) in [5.41, 5.74) is 10.3. The van der Waals surface area contributed by atoms with Crippen molar-refractivity contribution in [1.29, 1.82) is 0 Å². The molecule has 22 heavy (non-hydrogen) atoms. The Bertz CT molecular complexity index is 738. The van der Waals surface area contributed by atoms with Crippen LogP contribution < -0.4 is 0 Å². The lowest BCUT2D eigenvalue weighted by atomic mass is 10.1. The second-order valence-corrected chi connectivity index (χ2v) is 5.57. The largest absolute Gasteiger partial charge is 0.342 e. The van der Waals surface area contributed by atoms with Crippen LogP contribution in [0.4, 0.5) is 0 Å². The van der Waals surface area contributed by atoms with Crippen LogP contribution in [0.15, 0.2) is 41.5 Å². The van der Waals surface area contributed by atoms with Crippen LogP contribution in [0.2, 0.25) is 0 Å². The number of benzene rings is 1. The second-order valence-electron chi connectivity index (χ2n) is 5.57. The number of nitrogens with zero attached hydrogens (tertiary/aromatic N) is 5. The SMILES string of the molecule is [N-]=[N+]=NCC1CC(=O)N(CCc2ccc3ccccc3n2)C1. The molecule has 0 N–H and O–H groups in total. The molecule has 6 heteroatoms. The lowest BCUT2D eigenvalue weighted by molar-refractivity contribution is -0.127. The number of fused-ring (bicyclic) bond motifs is 1. The average molecular weight is 295 g/mol. The summed E-state index contributed by atoms with van der Waals surface area (Å²) < 4.78 is 0. The molecule has 1 saturated heterocycles. The molecule has 1 atom stereocenters. The molecule has 0 spiro atoms. The Hall–Kier alpha value is -2.59. The minimum Gasteiger partial charge on any atom is -0.342 e. The summed E-state index contributed by atoms with van der Waals surface area (Å²) >= 11 is 0. The Balaban J connectivity index is 1.61. The van der Waals surface area contributed by atoms with Gasteiger partial charge in [0.15, 0.2) is 0 Å². The van der Waals surface area contributed by atoms with Gasteiger partial charge in [0.2, 0.25) is 5.91 Å². The van der Waals surface area contributed by atoms with Crippen LogP contribution >= 0.6 is 0 Å². The van der Waals surface area contributed by atoms with Crippen LogP contribution in [0.5, 0.6) is 0 Å². The van der Waals surface area contributed by atoms with Crippen LogP contribution in [0, 0.1) is 5.92 Å². The van der Waals surface area contributed by atoms with Crippen molar-refractivity contribution in [2.24, 2.45) is 11.0 Å². The Morgan fingerprint density at radius 3 is 3.05 bits per heavy atom. The first-order valence-electron chi connectivity index (χ1n) is 7.39. The van der Waals surface area contributed by atoms with Gasteiger partial charge in [0.1, 0.15) is 0 Å². The molecule has 112 valence electrons. The van der Waals surface area contributed by atoms with E-state index in [4.69, 9.17) is 5.53 Å². The molecule has 1 aliphatic heterocycles. The van der Waals surface area contributed by atoms with Crippen molar-refractivity contribution in [3.8, 4) is 0 Å². The molecule has 6 nitrogen and oxygen atoms in total. The predicted octanol–water partition coefficient (Wildman–Crippen LogP) is 2.94. The summed E-state index contributed by atoms with van der Waals surface area (Å²) in [6, 6.07) is 12.1. The Morgan fingerprint density at radius 2 is 2.18 bits per heavy atom. The van der Waals surface area contributed by atoms with Gasteiger partial charge in [0.05, 0.1) is 5.52 Å². The lowest BCUT2D eigenvalue weighted by Gasteiger charge is -2.16. The first-order chi connectivity index (χ1) is 10.8. The number of likely N-dealkylation sites (tertiary alicyclic amines) is 1. The maximum absolute atomic E-state index is 12.0. The molecule has 2 aromatic rings. The molecule has 1 unspecified atom stereocenters. The average Bonchev–Trinajstić information content (AvgIpc) is 2.90. The van der Waals surface area contributed by atoms with Crippen LogP contribution in [0.1, 0.15) is 12.1 Å². The molecular weight excluding hydrogens is 278 g/mol. The molecule has 0 bridgehead atoms. The van der Waals surface area contributed by atoms with E-state index < -0.39 is 0 Å². The predicted molar refractivity (Wildman–Crippen MR) is 84.1 cm³/mol. The van der Waals surface area contributed by atoms with Crippen molar-refractivity contribution in [3.05, 3.63) is 52.5 Å². The molecule has 1 fully saturated rings. The lowest BCUT2D eigenvalue weighted by Crippen LogP contribution is -2.28. The molecule has 0 radical (unpaired) electrons. The number of rotatable bonds is 5. The minimum atomic E-state index is 0.138. The van der Waals surface area contributed by atoms with Gasteiger partial charge < -0.3 is 4.90 Å². The van der Waals surface area contributed by atoms with Gasteiger partial charge in [0.25, 0.3) is 0 Å². The van der Waals surface area contributed by atoms with Crippen LogP contribution in [-0.4, -0.2) is 35.4 Å². The third-order valence-electron chi connectivity index (χ3n) is 3.99. The van der Waals surface area contributed by atoms with E-state index >= 15 is 0 Å². The first kappa shape index (κ1) is 14.4. The quantitative estimate of drug-likeness (QED) is 0.482. The van der Waals surface area contributed by atoms with E-state index in [0.717, 1.165) is 23.0 Å². The molecule has 1 amide bonds. The number of hydrogen-bond donors (Lipinski definition) is 0. The molecule has 1 aromatic carbocycles. The summed E-state index contributed by atoms with van der Waals surface area (Å²) in [5.74, 6) is 0.284. The summed E-state index contributed by atoms with van der Waals surface area (Å²) in [4.78, 5) is 21.2. The summed E-state index contributed by atoms with van der Waals surface area (Å²) in [5, 5.41) is 4.69. The van der Waals surface area contributed by atoms with Gasteiger partial charge in [-0.05, 0) is 23.6 Å². The van der Waals surface area contributed by atoms with E-state index in [-0.39, 0.29) is 11.8 Å². The van der Waals surface area contributed by atoms with Gasteiger partial charge in [-0.15, -0.1) is 0 Å². The standard InChI is InChI=1S/C16H17N5O/c17-20-18-10-12-9-16(22)21(11-12)8-7-14-6-5-13-3-1-2-4-15(13)19-14/h1-6,12H,7-11H2. The smallest absolute Gasteiger partial charge is 0.222 e. The summed E-state index contributed by atoms with van der Waals surface area (Å²) in [6.45, 7) is 1.73. The number of azide groups is 1. The fourth-order valence-electron chi connectivity index (χ4n) is 2.84. The van der Waals surface area contributed by atoms with E-state index in [2.05, 4.69) is 21.1 Å². The van der Waals surface area contributed by atoms with E-state index in [1.807, 2.05) is 35.2 Å². The highest BCUT2D eigenvalue weighted by atomic mass is 16.2. The molecule has 1 aromatic heterocycles. The zero-order chi connectivity index (χ0) is 15.4. The summed E-state index contributed by atoms with van der Waals surface area (Å²) in [7, 11) is 0. The number of para-hydroxylation sites is 1. The molecule has 2 heterocycles. The summed E-state index contributed by atoms with van der Waals surface area (Å²) in [6.07, 6.45) is 1.22. The van der Waals surface area contributed by atoms with Crippen molar-refractivity contribution >= 4 is 16.8 Å². The Kier molecular flexibility index (Phi) is 4.21. The maximum atomic E-state index is 12.0. The fourth-order valence-corrected chi connectivity index (χ4v) is 2.84. The van der Waals surface area contributed by atoms with Crippen molar-refractivity contribution in [1.82, 2.24) is 9.88 Å². The van der Waals surface area contributed by atoms with Gasteiger partial charge in [0, 0.05) is 48.5 Å². The molecule has 3 rings (SSSR count). The molecular formula is C16H17N5O. The zero-order valence-corrected chi connectivity index (χ0v) is 12.2. The van der Waals surface area contributed by atoms with Crippen molar-refractivity contribution < 1.29 is 4.79 Å². The number of amides is 1. The topological polar surface area (TPSA) is 82.0 Å². The van der Waals surface area contributed by atoms with Crippen LogP contribution in [-0.2, 0) is 11.2 Å². The van der Waals surface area contributed by atoms with E-state index in [1.54, 1.807) is 0 Å². The Labute approximate surface area is 128 Å². The first-order valence-corrected chi connectivity index (χ1v) is 7.39. The van der Waals surface area contributed by atoms with E-state index in [0.29, 0.717) is 26.1 Å². The fraction of sp³-hybridized carbons (Fsp3) is 0.375. The van der Waals surface area contributed by atoms with Gasteiger partial charge >= 0.3 is 0 Å².